The summed E-state index contributed by atoms with van der Waals surface area (Å²) in [5.41, 5.74) is 5.28. The minimum Gasteiger partial charge on any atom is -0.253 e. The van der Waals surface area contributed by atoms with Gasteiger partial charge in [-0.15, -0.1) is 11.3 Å². The van der Waals surface area contributed by atoms with E-state index in [4.69, 9.17) is 11.6 Å². The molecule has 3 aromatic rings. The predicted octanol–water partition coefficient (Wildman–Crippen LogP) is 4.94. The second-order valence-electron chi connectivity index (χ2n) is 6.04. The Kier molecular flexibility index (Phi) is 7.02. The van der Waals surface area contributed by atoms with Gasteiger partial charge in [0.1, 0.15) is 0 Å². The van der Waals surface area contributed by atoms with Crippen molar-refractivity contribution in [1.29, 1.82) is 0 Å². The fraction of sp³-hybridized carbons (Fsp3) is 0.200. The van der Waals surface area contributed by atoms with E-state index in [-0.39, 0.29) is 4.90 Å². The minimum atomic E-state index is -3.46. The van der Waals surface area contributed by atoms with Crippen molar-refractivity contribution in [3.05, 3.63) is 64.5 Å². The molecular formula is C20H21ClN4O2S2. The van der Waals surface area contributed by atoms with Crippen molar-refractivity contribution >= 4 is 44.3 Å². The van der Waals surface area contributed by atoms with Gasteiger partial charge in [-0.3, -0.25) is 5.43 Å². The SMILES string of the molecule is CCN(CC)S(=O)(=O)c1ccc(-c2csc(NN=Cc3ccccc3Cl)n2)cc1. The number of anilines is 1. The van der Waals surface area contributed by atoms with E-state index in [1.807, 2.05) is 37.4 Å². The second kappa shape index (κ2) is 9.49. The van der Waals surface area contributed by atoms with Gasteiger partial charge >= 0.3 is 0 Å². The maximum atomic E-state index is 12.6. The number of nitrogens with one attached hydrogen (secondary N) is 1. The lowest BCUT2D eigenvalue weighted by Crippen LogP contribution is -2.30. The van der Waals surface area contributed by atoms with Crippen LogP contribution in [0, 0.1) is 0 Å². The monoisotopic (exact) mass is 448 g/mol. The number of hydrogen-bond donors (Lipinski definition) is 1. The summed E-state index contributed by atoms with van der Waals surface area (Å²) < 4.78 is 26.6. The Labute approximate surface area is 179 Å². The molecule has 1 heterocycles. The van der Waals surface area contributed by atoms with E-state index in [1.54, 1.807) is 36.5 Å². The maximum absolute atomic E-state index is 12.6. The third kappa shape index (κ3) is 5.02. The summed E-state index contributed by atoms with van der Waals surface area (Å²) in [4.78, 5) is 4.77. The lowest BCUT2D eigenvalue weighted by Gasteiger charge is -2.18. The molecule has 0 spiro atoms. The molecule has 1 N–H and O–H groups in total. The molecule has 1 aromatic heterocycles. The summed E-state index contributed by atoms with van der Waals surface area (Å²) in [7, 11) is -3.46. The molecule has 9 heteroatoms. The van der Waals surface area contributed by atoms with Crippen molar-refractivity contribution in [1.82, 2.24) is 9.29 Å². The van der Waals surface area contributed by atoms with Gasteiger partial charge in [-0.2, -0.15) is 9.41 Å². The number of hydrazone groups is 1. The van der Waals surface area contributed by atoms with Crippen LogP contribution in [0.5, 0.6) is 0 Å². The molecule has 0 saturated carbocycles. The van der Waals surface area contributed by atoms with Crippen LogP contribution >= 0.6 is 22.9 Å². The van der Waals surface area contributed by atoms with Gasteiger partial charge in [-0.05, 0) is 18.2 Å². The van der Waals surface area contributed by atoms with Gasteiger partial charge < -0.3 is 0 Å². The molecule has 152 valence electrons. The fourth-order valence-corrected chi connectivity index (χ4v) is 5.02. The normalized spacial score (nSPS) is 12.0. The van der Waals surface area contributed by atoms with Crippen LogP contribution in [0.15, 0.2) is 63.9 Å². The van der Waals surface area contributed by atoms with Crippen LogP contribution in [0.25, 0.3) is 11.3 Å². The van der Waals surface area contributed by atoms with Crippen LogP contribution in [0.4, 0.5) is 5.13 Å². The maximum Gasteiger partial charge on any atom is 0.243 e. The Morgan fingerprint density at radius 1 is 1.14 bits per heavy atom. The Morgan fingerprint density at radius 3 is 2.48 bits per heavy atom. The first-order valence-corrected chi connectivity index (χ1v) is 11.7. The topological polar surface area (TPSA) is 74.7 Å². The molecule has 0 bridgehead atoms. The third-order valence-electron chi connectivity index (χ3n) is 4.27. The number of thiazole rings is 1. The Morgan fingerprint density at radius 2 is 1.83 bits per heavy atom. The number of aromatic nitrogens is 1. The highest BCUT2D eigenvalue weighted by molar-refractivity contribution is 7.89. The van der Waals surface area contributed by atoms with Gasteiger partial charge in [0.15, 0.2) is 0 Å². The number of halogens is 1. The Balaban J connectivity index is 1.71. The first kappa shape index (κ1) is 21.4. The number of hydrogen-bond acceptors (Lipinski definition) is 6. The molecule has 0 atom stereocenters. The van der Waals surface area contributed by atoms with Crippen LogP contribution in [0.1, 0.15) is 19.4 Å². The molecule has 0 fully saturated rings. The number of sulfonamides is 1. The average Bonchev–Trinajstić information content (AvgIpc) is 3.19. The molecule has 29 heavy (non-hydrogen) atoms. The Bertz CT molecular complexity index is 1090. The van der Waals surface area contributed by atoms with Gasteiger partial charge in [-0.25, -0.2) is 13.4 Å². The zero-order chi connectivity index (χ0) is 20.9. The zero-order valence-corrected chi connectivity index (χ0v) is 18.4. The molecule has 2 aromatic carbocycles. The van der Waals surface area contributed by atoms with E-state index >= 15 is 0 Å². The molecular weight excluding hydrogens is 428 g/mol. The molecule has 0 saturated heterocycles. The van der Waals surface area contributed by atoms with Crippen molar-refractivity contribution in [2.75, 3.05) is 18.5 Å². The van der Waals surface area contributed by atoms with E-state index in [0.717, 1.165) is 16.8 Å². The van der Waals surface area contributed by atoms with Crippen LogP contribution in [0.3, 0.4) is 0 Å². The molecule has 6 nitrogen and oxygen atoms in total. The lowest BCUT2D eigenvalue weighted by molar-refractivity contribution is 0.445. The number of nitrogens with zero attached hydrogens (tertiary/aromatic N) is 3. The van der Waals surface area contributed by atoms with E-state index in [9.17, 15) is 8.42 Å². The smallest absolute Gasteiger partial charge is 0.243 e. The summed E-state index contributed by atoms with van der Waals surface area (Å²) in [5.74, 6) is 0. The van der Waals surface area contributed by atoms with Gasteiger partial charge in [-0.1, -0.05) is 55.8 Å². The molecule has 0 unspecified atom stereocenters. The highest BCUT2D eigenvalue weighted by Crippen LogP contribution is 2.26. The van der Waals surface area contributed by atoms with Gasteiger partial charge in [0.25, 0.3) is 0 Å². The van der Waals surface area contributed by atoms with E-state index < -0.39 is 10.0 Å². The summed E-state index contributed by atoms with van der Waals surface area (Å²) in [5, 5.41) is 7.31. The second-order valence-corrected chi connectivity index (χ2v) is 9.25. The van der Waals surface area contributed by atoms with E-state index in [2.05, 4.69) is 15.5 Å². The third-order valence-corrected chi connectivity index (χ3v) is 7.42. The Hall–Kier alpha value is -2.26. The largest absolute Gasteiger partial charge is 0.253 e. The summed E-state index contributed by atoms with van der Waals surface area (Å²) in [6, 6.07) is 14.2. The van der Waals surface area contributed by atoms with E-state index in [0.29, 0.717) is 23.2 Å². The van der Waals surface area contributed by atoms with Gasteiger partial charge in [0.2, 0.25) is 15.2 Å². The first-order chi connectivity index (χ1) is 14.0. The van der Waals surface area contributed by atoms with Crippen molar-refractivity contribution < 1.29 is 8.42 Å². The average molecular weight is 449 g/mol. The van der Waals surface area contributed by atoms with E-state index in [1.165, 1.54) is 15.6 Å². The highest BCUT2D eigenvalue weighted by Gasteiger charge is 2.21. The van der Waals surface area contributed by atoms with Crippen molar-refractivity contribution in [3.8, 4) is 11.3 Å². The van der Waals surface area contributed by atoms with Crippen LogP contribution in [0.2, 0.25) is 5.02 Å². The van der Waals surface area contributed by atoms with Crippen molar-refractivity contribution in [2.45, 2.75) is 18.7 Å². The molecule has 3 rings (SSSR count). The standard InChI is InChI=1S/C20H21ClN4O2S2/c1-3-25(4-2)29(26,27)17-11-9-15(10-12-17)19-14-28-20(23-19)24-22-13-16-7-5-6-8-18(16)21/h5-14H,3-4H2,1-2H3,(H,23,24). The van der Waals surface area contributed by atoms with Crippen LogP contribution < -0.4 is 5.43 Å². The molecule has 0 amide bonds. The number of benzene rings is 2. The van der Waals surface area contributed by atoms with Crippen LogP contribution in [-0.2, 0) is 10.0 Å². The minimum absolute atomic E-state index is 0.280. The summed E-state index contributed by atoms with van der Waals surface area (Å²) >= 11 is 7.51. The predicted molar refractivity (Wildman–Crippen MR) is 120 cm³/mol. The number of rotatable bonds is 8. The molecule has 0 aliphatic rings. The first-order valence-electron chi connectivity index (χ1n) is 9.05. The van der Waals surface area contributed by atoms with Crippen molar-refractivity contribution in [3.63, 3.8) is 0 Å². The summed E-state index contributed by atoms with van der Waals surface area (Å²) in [6.07, 6.45) is 1.64. The lowest BCUT2D eigenvalue weighted by atomic mass is 10.2. The quantitative estimate of drug-likeness (QED) is 0.391. The highest BCUT2D eigenvalue weighted by atomic mass is 35.5. The zero-order valence-electron chi connectivity index (χ0n) is 16.0. The summed E-state index contributed by atoms with van der Waals surface area (Å²) in [6.45, 7) is 4.54. The molecule has 0 radical (unpaired) electrons. The fourth-order valence-electron chi connectivity index (χ4n) is 2.70. The van der Waals surface area contributed by atoms with Crippen LogP contribution in [-0.4, -0.2) is 37.0 Å². The van der Waals surface area contributed by atoms with Gasteiger partial charge in [0.05, 0.1) is 16.8 Å². The molecule has 0 aliphatic carbocycles. The van der Waals surface area contributed by atoms with Crippen molar-refractivity contribution in [2.24, 2.45) is 5.10 Å². The van der Waals surface area contributed by atoms with Gasteiger partial charge in [0, 0.05) is 34.6 Å². The molecule has 0 aliphatic heterocycles.